The van der Waals surface area contributed by atoms with Crippen LogP contribution in [0.4, 0.5) is 0 Å². The van der Waals surface area contributed by atoms with E-state index in [0.29, 0.717) is 11.1 Å². The lowest BCUT2D eigenvalue weighted by Crippen LogP contribution is -2.59. The average Bonchev–Trinajstić information content (AvgIpc) is 3.08. The van der Waals surface area contributed by atoms with Crippen LogP contribution in [0.25, 0.3) is 0 Å². The van der Waals surface area contributed by atoms with E-state index in [1.807, 2.05) is 0 Å². The molecule has 6 nitrogen and oxygen atoms in total. The van der Waals surface area contributed by atoms with E-state index in [1.165, 1.54) is 45.9 Å². The van der Waals surface area contributed by atoms with Gasteiger partial charge in [-0.15, -0.1) is 0 Å². The SMILES string of the molecule is CC1(C)C(=O)C(C(=O)c2ccc(Cl)c(CC3=CC(=O)OC3)c2Cl)C(=O)C(C)(C)C1=O. The van der Waals surface area contributed by atoms with E-state index in [4.69, 9.17) is 27.9 Å². The van der Waals surface area contributed by atoms with Gasteiger partial charge in [0.05, 0.1) is 15.9 Å². The molecule has 1 heterocycles. The molecular weight excluding hydrogens is 431 g/mol. The number of cyclic esters (lactones) is 1. The summed E-state index contributed by atoms with van der Waals surface area (Å²) in [5, 5.41) is 0.273. The van der Waals surface area contributed by atoms with Crippen molar-refractivity contribution in [3.05, 3.63) is 45.0 Å². The van der Waals surface area contributed by atoms with Crippen molar-refractivity contribution in [2.24, 2.45) is 16.7 Å². The minimum atomic E-state index is -1.63. The zero-order chi connectivity index (χ0) is 22.6. The van der Waals surface area contributed by atoms with Gasteiger partial charge in [-0.25, -0.2) is 4.79 Å². The van der Waals surface area contributed by atoms with Crippen LogP contribution in [0.2, 0.25) is 10.0 Å². The van der Waals surface area contributed by atoms with Crippen molar-refractivity contribution >= 4 is 52.3 Å². The van der Waals surface area contributed by atoms with Crippen LogP contribution in [0, 0.1) is 16.7 Å². The first kappa shape index (κ1) is 22.4. The first-order valence-corrected chi connectivity index (χ1v) is 10.1. The molecule has 0 N–H and O–H groups in total. The minimum absolute atomic E-state index is 0.000797. The highest BCUT2D eigenvalue weighted by Crippen LogP contribution is 2.43. The monoisotopic (exact) mass is 450 g/mol. The number of hydrogen-bond acceptors (Lipinski definition) is 6. The third kappa shape index (κ3) is 3.42. The summed E-state index contributed by atoms with van der Waals surface area (Å²) in [6, 6.07) is 2.81. The quantitative estimate of drug-likeness (QED) is 0.395. The van der Waals surface area contributed by atoms with Gasteiger partial charge in [-0.2, -0.15) is 0 Å². The molecule has 1 aromatic rings. The summed E-state index contributed by atoms with van der Waals surface area (Å²) in [6.45, 7) is 5.78. The molecule has 0 bridgehead atoms. The number of Topliss-reactive ketones (excluding diaryl/α,β-unsaturated/α-hetero) is 4. The largest absolute Gasteiger partial charge is 0.458 e. The fourth-order valence-electron chi connectivity index (χ4n) is 3.93. The molecule has 1 aromatic carbocycles. The van der Waals surface area contributed by atoms with Gasteiger partial charge in [0.2, 0.25) is 0 Å². The standard InChI is InChI=1S/C22H20Cl2O6/c1-21(2)18(27)15(19(28)22(3,4)20(21)29)17(26)11-5-6-13(23)12(16(11)24)7-10-8-14(25)30-9-10/h5-6,8,15H,7,9H2,1-4H3. The van der Waals surface area contributed by atoms with Crippen molar-refractivity contribution in [2.75, 3.05) is 6.61 Å². The zero-order valence-electron chi connectivity index (χ0n) is 16.9. The molecule has 0 radical (unpaired) electrons. The predicted octanol–water partition coefficient (Wildman–Crippen LogP) is 3.59. The number of carbonyl (C=O) groups is 5. The number of carbonyl (C=O) groups excluding carboxylic acids is 5. The molecule has 0 unspecified atom stereocenters. The predicted molar refractivity (Wildman–Crippen MR) is 110 cm³/mol. The van der Waals surface area contributed by atoms with Crippen molar-refractivity contribution in [3.8, 4) is 0 Å². The molecule has 2 aliphatic rings. The Balaban J connectivity index is 2.04. The molecule has 0 spiro atoms. The number of halogens is 2. The van der Waals surface area contributed by atoms with Gasteiger partial charge in [0.15, 0.2) is 23.1 Å². The van der Waals surface area contributed by atoms with Gasteiger partial charge in [-0.05, 0) is 51.0 Å². The lowest BCUT2D eigenvalue weighted by Gasteiger charge is -2.40. The summed E-state index contributed by atoms with van der Waals surface area (Å²) in [6.07, 6.45) is 1.50. The molecule has 8 heteroatoms. The van der Waals surface area contributed by atoms with E-state index >= 15 is 0 Å². The van der Waals surface area contributed by atoms with Crippen molar-refractivity contribution in [1.82, 2.24) is 0 Å². The van der Waals surface area contributed by atoms with Gasteiger partial charge < -0.3 is 4.74 Å². The minimum Gasteiger partial charge on any atom is -0.458 e. The summed E-state index contributed by atoms with van der Waals surface area (Å²) in [4.78, 5) is 63.1. The van der Waals surface area contributed by atoms with E-state index in [-0.39, 0.29) is 28.6 Å². The number of benzene rings is 1. The molecule has 1 saturated carbocycles. The van der Waals surface area contributed by atoms with E-state index in [9.17, 15) is 24.0 Å². The van der Waals surface area contributed by atoms with Gasteiger partial charge in [0.1, 0.15) is 12.5 Å². The summed E-state index contributed by atoms with van der Waals surface area (Å²) in [5.74, 6) is -4.88. The topological polar surface area (TPSA) is 94.6 Å². The Morgan fingerprint density at radius 2 is 1.60 bits per heavy atom. The van der Waals surface area contributed by atoms with Crippen LogP contribution in [0.15, 0.2) is 23.8 Å². The van der Waals surface area contributed by atoms with Gasteiger partial charge in [-0.1, -0.05) is 23.2 Å². The van der Waals surface area contributed by atoms with Crippen LogP contribution in [0.3, 0.4) is 0 Å². The number of ketones is 4. The summed E-state index contributed by atoms with van der Waals surface area (Å²) in [7, 11) is 0. The Morgan fingerprint density at radius 1 is 1.03 bits per heavy atom. The lowest BCUT2D eigenvalue weighted by atomic mass is 9.57. The van der Waals surface area contributed by atoms with Gasteiger partial charge >= 0.3 is 5.97 Å². The maximum absolute atomic E-state index is 13.3. The molecule has 0 amide bonds. The van der Waals surface area contributed by atoms with E-state index < -0.39 is 45.9 Å². The smallest absolute Gasteiger partial charge is 0.331 e. The molecule has 158 valence electrons. The second kappa shape index (κ2) is 7.43. The lowest BCUT2D eigenvalue weighted by molar-refractivity contribution is -0.158. The first-order chi connectivity index (χ1) is 13.8. The van der Waals surface area contributed by atoms with Crippen LogP contribution in [0.5, 0.6) is 0 Å². The van der Waals surface area contributed by atoms with E-state index in [2.05, 4.69) is 0 Å². The van der Waals surface area contributed by atoms with Crippen molar-refractivity contribution in [3.63, 3.8) is 0 Å². The second-order valence-electron chi connectivity index (χ2n) is 8.58. The molecule has 0 saturated heterocycles. The van der Waals surface area contributed by atoms with Crippen LogP contribution in [-0.4, -0.2) is 35.7 Å². The molecule has 1 aliphatic heterocycles. The van der Waals surface area contributed by atoms with E-state index in [0.717, 1.165) is 0 Å². The Labute approximate surface area is 183 Å². The highest BCUT2D eigenvalue weighted by atomic mass is 35.5. The van der Waals surface area contributed by atoms with Crippen LogP contribution < -0.4 is 0 Å². The molecule has 0 atom stereocenters. The summed E-state index contributed by atoms with van der Waals surface area (Å²) in [5.41, 5.74) is -1.97. The number of esters is 1. The van der Waals surface area contributed by atoms with Crippen LogP contribution >= 0.6 is 23.2 Å². The third-order valence-corrected chi connectivity index (χ3v) is 6.52. The first-order valence-electron chi connectivity index (χ1n) is 9.31. The Bertz CT molecular complexity index is 1020. The fourth-order valence-corrected chi connectivity index (χ4v) is 4.53. The number of hydrogen-bond donors (Lipinski definition) is 0. The van der Waals surface area contributed by atoms with Crippen LogP contribution in [-0.2, 0) is 30.3 Å². The molecule has 1 aliphatic carbocycles. The summed E-state index contributed by atoms with van der Waals surface area (Å²) < 4.78 is 4.87. The fraction of sp³-hybridized carbons (Fsp3) is 0.409. The molecule has 3 rings (SSSR count). The normalized spacial score (nSPS) is 20.9. The van der Waals surface area contributed by atoms with Gasteiger partial charge in [-0.3, -0.25) is 19.2 Å². The Kier molecular flexibility index (Phi) is 5.54. The maximum Gasteiger partial charge on any atom is 0.331 e. The number of rotatable bonds is 4. The summed E-state index contributed by atoms with van der Waals surface area (Å²) >= 11 is 12.7. The third-order valence-electron chi connectivity index (χ3n) is 5.73. The Morgan fingerprint density at radius 3 is 2.10 bits per heavy atom. The van der Waals surface area contributed by atoms with Crippen LogP contribution in [0.1, 0.15) is 43.6 Å². The average molecular weight is 451 g/mol. The Hall–Kier alpha value is -2.31. The van der Waals surface area contributed by atoms with Gasteiger partial charge in [0, 0.05) is 23.1 Å². The van der Waals surface area contributed by atoms with E-state index in [1.54, 1.807) is 0 Å². The highest BCUT2D eigenvalue weighted by molar-refractivity contribution is 6.42. The zero-order valence-corrected chi connectivity index (χ0v) is 18.4. The molecule has 30 heavy (non-hydrogen) atoms. The van der Waals surface area contributed by atoms with Crippen molar-refractivity contribution in [1.29, 1.82) is 0 Å². The van der Waals surface area contributed by atoms with Crippen molar-refractivity contribution in [2.45, 2.75) is 34.1 Å². The number of ether oxygens (including phenoxy) is 1. The maximum atomic E-state index is 13.3. The molecule has 1 fully saturated rings. The van der Waals surface area contributed by atoms with Gasteiger partial charge in [0.25, 0.3) is 0 Å². The van der Waals surface area contributed by atoms with Crippen molar-refractivity contribution < 1.29 is 28.7 Å². The molecular formula is C22H20Cl2O6. The second-order valence-corrected chi connectivity index (χ2v) is 9.36. The molecule has 0 aromatic heterocycles. The highest BCUT2D eigenvalue weighted by Gasteiger charge is 2.60.